The molecule has 0 radical (unpaired) electrons. The molecule has 2 amide bonds. The van der Waals surface area contributed by atoms with E-state index < -0.39 is 0 Å². The van der Waals surface area contributed by atoms with E-state index in [4.69, 9.17) is 0 Å². The Kier molecular flexibility index (Phi) is 4.94. The van der Waals surface area contributed by atoms with Crippen molar-refractivity contribution in [3.63, 3.8) is 0 Å². The zero-order chi connectivity index (χ0) is 19.5. The predicted octanol–water partition coefficient (Wildman–Crippen LogP) is 4.40. The Morgan fingerprint density at radius 1 is 0.857 bits per heavy atom. The Hall–Kier alpha value is -3.40. The Morgan fingerprint density at radius 3 is 2.07 bits per heavy atom. The first-order valence-electron chi connectivity index (χ1n) is 9.41. The Labute approximate surface area is 165 Å². The van der Waals surface area contributed by atoms with Crippen molar-refractivity contribution in [2.45, 2.75) is 12.5 Å². The molecule has 0 spiro atoms. The normalized spacial score (nSPS) is 16.5. The van der Waals surface area contributed by atoms with Gasteiger partial charge in [0.1, 0.15) is 0 Å². The van der Waals surface area contributed by atoms with Gasteiger partial charge in [-0.15, -0.1) is 0 Å². The van der Waals surface area contributed by atoms with Gasteiger partial charge in [0.05, 0.1) is 6.04 Å². The molecule has 1 heterocycles. The summed E-state index contributed by atoms with van der Waals surface area (Å²) in [4.78, 5) is 28.8. The van der Waals surface area contributed by atoms with Crippen LogP contribution < -0.4 is 4.90 Å². The number of anilines is 1. The SMILES string of the molecule is CN1C[C@@H](Cc2ccc(C(=O)c3ccccc3)cc2)N(c2ccccc2)C1=O. The third-order valence-electron chi connectivity index (χ3n) is 5.14. The lowest BCUT2D eigenvalue weighted by atomic mass is 9.99. The van der Waals surface area contributed by atoms with E-state index in [1.165, 1.54) is 0 Å². The number of likely N-dealkylation sites (N-methyl/N-ethyl adjacent to an activating group) is 1. The molecule has 0 aromatic heterocycles. The molecule has 1 atom stereocenters. The topological polar surface area (TPSA) is 40.6 Å². The summed E-state index contributed by atoms with van der Waals surface area (Å²) in [6.45, 7) is 0.679. The molecule has 4 heteroatoms. The summed E-state index contributed by atoms with van der Waals surface area (Å²) >= 11 is 0. The number of urea groups is 1. The average molecular weight is 370 g/mol. The molecule has 28 heavy (non-hydrogen) atoms. The van der Waals surface area contributed by atoms with E-state index in [1.54, 1.807) is 4.90 Å². The van der Waals surface area contributed by atoms with Gasteiger partial charge in [0.15, 0.2) is 5.78 Å². The summed E-state index contributed by atoms with van der Waals surface area (Å²) in [6, 6.07) is 26.9. The smallest absolute Gasteiger partial charge is 0.324 e. The predicted molar refractivity (Wildman–Crippen MR) is 111 cm³/mol. The number of carbonyl (C=O) groups excluding carboxylic acids is 2. The van der Waals surface area contributed by atoms with Gasteiger partial charge in [0, 0.05) is 30.4 Å². The second-order valence-electron chi connectivity index (χ2n) is 7.12. The molecule has 1 fully saturated rings. The molecule has 0 bridgehead atoms. The summed E-state index contributed by atoms with van der Waals surface area (Å²) in [5.41, 5.74) is 3.39. The monoisotopic (exact) mass is 370 g/mol. The van der Waals surface area contributed by atoms with Crippen molar-refractivity contribution in [2.75, 3.05) is 18.5 Å². The molecule has 0 aliphatic carbocycles. The second-order valence-corrected chi connectivity index (χ2v) is 7.12. The molecule has 4 nitrogen and oxygen atoms in total. The van der Waals surface area contributed by atoms with Crippen molar-refractivity contribution in [1.29, 1.82) is 0 Å². The summed E-state index contributed by atoms with van der Waals surface area (Å²) in [5.74, 6) is 0.0221. The minimum absolute atomic E-state index is 0.0204. The molecule has 4 rings (SSSR count). The van der Waals surface area contributed by atoms with Gasteiger partial charge in [0.25, 0.3) is 0 Å². The van der Waals surface area contributed by atoms with E-state index in [2.05, 4.69) is 0 Å². The van der Waals surface area contributed by atoms with Crippen molar-refractivity contribution in [3.8, 4) is 0 Å². The molecule has 140 valence electrons. The summed E-state index contributed by atoms with van der Waals surface area (Å²) < 4.78 is 0. The number of para-hydroxylation sites is 1. The minimum atomic E-state index is 0.0204. The van der Waals surface area contributed by atoms with Crippen LogP contribution in [0.15, 0.2) is 84.9 Å². The van der Waals surface area contributed by atoms with E-state index in [1.807, 2.05) is 96.9 Å². The molecule has 0 N–H and O–H groups in total. The zero-order valence-corrected chi connectivity index (χ0v) is 15.8. The maximum atomic E-state index is 12.6. The lowest BCUT2D eigenvalue weighted by Crippen LogP contribution is -2.35. The Bertz CT molecular complexity index is 969. The number of hydrogen-bond acceptors (Lipinski definition) is 2. The van der Waals surface area contributed by atoms with E-state index in [9.17, 15) is 9.59 Å². The molecule has 1 saturated heterocycles. The summed E-state index contributed by atoms with van der Waals surface area (Å²) in [7, 11) is 1.83. The van der Waals surface area contributed by atoms with Crippen LogP contribution in [-0.2, 0) is 6.42 Å². The van der Waals surface area contributed by atoms with Crippen LogP contribution in [0.4, 0.5) is 10.5 Å². The van der Waals surface area contributed by atoms with Gasteiger partial charge in [-0.2, -0.15) is 0 Å². The molecular weight excluding hydrogens is 348 g/mol. The van der Waals surface area contributed by atoms with Gasteiger partial charge in [0.2, 0.25) is 0 Å². The van der Waals surface area contributed by atoms with Gasteiger partial charge in [-0.25, -0.2) is 4.79 Å². The average Bonchev–Trinajstić information content (AvgIpc) is 3.02. The zero-order valence-electron chi connectivity index (χ0n) is 15.8. The maximum Gasteiger partial charge on any atom is 0.324 e. The first-order valence-corrected chi connectivity index (χ1v) is 9.41. The number of rotatable bonds is 5. The van der Waals surface area contributed by atoms with Gasteiger partial charge in [-0.05, 0) is 24.1 Å². The molecular formula is C24H22N2O2. The van der Waals surface area contributed by atoms with Crippen molar-refractivity contribution in [2.24, 2.45) is 0 Å². The van der Waals surface area contributed by atoms with Crippen LogP contribution in [0.5, 0.6) is 0 Å². The molecule has 3 aromatic carbocycles. The van der Waals surface area contributed by atoms with Crippen LogP contribution in [0.25, 0.3) is 0 Å². The number of carbonyl (C=O) groups is 2. The molecule has 3 aromatic rings. The van der Waals surface area contributed by atoms with E-state index in [0.717, 1.165) is 17.7 Å². The molecule has 1 aliphatic heterocycles. The van der Waals surface area contributed by atoms with Crippen LogP contribution in [-0.4, -0.2) is 36.3 Å². The van der Waals surface area contributed by atoms with Gasteiger partial charge >= 0.3 is 6.03 Å². The number of ketones is 1. The summed E-state index contributed by atoms with van der Waals surface area (Å²) in [6.07, 6.45) is 0.741. The fourth-order valence-corrected chi connectivity index (χ4v) is 3.70. The highest BCUT2D eigenvalue weighted by Gasteiger charge is 2.36. The van der Waals surface area contributed by atoms with Crippen LogP contribution in [0.1, 0.15) is 21.5 Å². The van der Waals surface area contributed by atoms with E-state index in [-0.39, 0.29) is 17.9 Å². The van der Waals surface area contributed by atoms with E-state index >= 15 is 0 Å². The highest BCUT2D eigenvalue weighted by molar-refractivity contribution is 6.08. The van der Waals surface area contributed by atoms with Crippen LogP contribution in [0.3, 0.4) is 0 Å². The van der Waals surface area contributed by atoms with Gasteiger partial charge < -0.3 is 4.90 Å². The van der Waals surface area contributed by atoms with Crippen molar-refractivity contribution >= 4 is 17.5 Å². The quantitative estimate of drug-likeness (QED) is 0.625. The van der Waals surface area contributed by atoms with Crippen LogP contribution in [0, 0.1) is 0 Å². The van der Waals surface area contributed by atoms with Crippen molar-refractivity contribution in [3.05, 3.63) is 102 Å². The lowest BCUT2D eigenvalue weighted by Gasteiger charge is -2.23. The molecule has 0 saturated carbocycles. The van der Waals surface area contributed by atoms with Gasteiger partial charge in [-0.3, -0.25) is 9.69 Å². The van der Waals surface area contributed by atoms with Crippen LogP contribution in [0.2, 0.25) is 0 Å². The third-order valence-corrected chi connectivity index (χ3v) is 5.14. The number of benzene rings is 3. The lowest BCUT2D eigenvalue weighted by molar-refractivity contribution is 0.103. The first kappa shape index (κ1) is 18.0. The molecule has 1 aliphatic rings. The standard InChI is InChI=1S/C24H22N2O2/c1-25-17-22(26(24(25)28)21-10-6-3-7-11-21)16-18-12-14-20(15-13-18)23(27)19-8-4-2-5-9-19/h2-15,22H,16-17H2,1H3/t22-/m1/s1. The largest absolute Gasteiger partial charge is 0.325 e. The van der Waals surface area contributed by atoms with Gasteiger partial charge in [-0.1, -0.05) is 72.8 Å². The fraction of sp³-hybridized carbons (Fsp3) is 0.167. The Morgan fingerprint density at radius 2 is 1.43 bits per heavy atom. The Balaban J connectivity index is 1.52. The highest BCUT2D eigenvalue weighted by atomic mass is 16.2. The molecule has 0 unspecified atom stereocenters. The summed E-state index contributed by atoms with van der Waals surface area (Å²) in [5, 5.41) is 0. The highest BCUT2D eigenvalue weighted by Crippen LogP contribution is 2.26. The minimum Gasteiger partial charge on any atom is -0.325 e. The fourth-order valence-electron chi connectivity index (χ4n) is 3.70. The number of hydrogen-bond donors (Lipinski definition) is 0. The van der Waals surface area contributed by atoms with Crippen molar-refractivity contribution in [1.82, 2.24) is 4.90 Å². The first-order chi connectivity index (χ1) is 13.6. The van der Waals surface area contributed by atoms with E-state index in [0.29, 0.717) is 17.7 Å². The van der Waals surface area contributed by atoms with Crippen molar-refractivity contribution < 1.29 is 9.59 Å². The van der Waals surface area contributed by atoms with Crippen LogP contribution >= 0.6 is 0 Å². The maximum absolute atomic E-state index is 12.6. The number of amides is 2. The third kappa shape index (κ3) is 3.54. The number of nitrogens with zero attached hydrogens (tertiary/aromatic N) is 2. The second kappa shape index (κ2) is 7.69.